The summed E-state index contributed by atoms with van der Waals surface area (Å²) in [6.07, 6.45) is 4.01. The number of methoxy groups -OCH3 is 1. The summed E-state index contributed by atoms with van der Waals surface area (Å²) in [5.74, 6) is 0.859. The summed E-state index contributed by atoms with van der Waals surface area (Å²) in [4.78, 5) is 17.4. The molecule has 0 fully saturated rings. The topological polar surface area (TPSA) is 64.4 Å². The number of furan rings is 1. The fraction of sp³-hybridized carbons (Fsp3) is 0.176. The van der Waals surface area contributed by atoms with Crippen LogP contribution in [0.2, 0.25) is 0 Å². The van der Waals surface area contributed by atoms with Crippen molar-refractivity contribution in [1.82, 2.24) is 4.98 Å². The Balaban J connectivity index is 1.68. The van der Waals surface area contributed by atoms with Gasteiger partial charge in [-0.3, -0.25) is 10.1 Å². The number of amides is 1. The molecular formula is C17H16N2O3S. The van der Waals surface area contributed by atoms with Gasteiger partial charge in [0.2, 0.25) is 0 Å². The number of carbonyl (C=O) groups is 1. The molecule has 0 radical (unpaired) electrons. The summed E-state index contributed by atoms with van der Waals surface area (Å²) in [6, 6.07) is 9.65. The molecule has 3 rings (SSSR count). The second-order valence-corrected chi connectivity index (χ2v) is 6.16. The number of nitrogens with one attached hydrogen (secondary N) is 1. The summed E-state index contributed by atoms with van der Waals surface area (Å²) in [5, 5.41) is 3.32. The first kappa shape index (κ1) is 15.3. The number of anilines is 1. The van der Waals surface area contributed by atoms with Gasteiger partial charge in [-0.15, -0.1) is 11.3 Å². The van der Waals surface area contributed by atoms with Gasteiger partial charge in [-0.1, -0.05) is 12.1 Å². The van der Waals surface area contributed by atoms with E-state index >= 15 is 0 Å². The number of nitrogens with zero attached hydrogens (tertiary/aromatic N) is 1. The van der Waals surface area contributed by atoms with Crippen molar-refractivity contribution in [3.63, 3.8) is 0 Å². The first-order valence-electron chi connectivity index (χ1n) is 7.09. The maximum atomic E-state index is 12.1. The van der Waals surface area contributed by atoms with E-state index in [1.807, 2.05) is 31.2 Å². The van der Waals surface area contributed by atoms with Crippen molar-refractivity contribution >= 4 is 22.4 Å². The molecule has 3 aromatic rings. The zero-order valence-corrected chi connectivity index (χ0v) is 13.6. The number of thiazole rings is 1. The number of hydrogen-bond donors (Lipinski definition) is 1. The Morgan fingerprint density at radius 3 is 3.00 bits per heavy atom. The SMILES string of the molecule is COc1cccc(Cc2cnc(NC(=O)c3occc3C)s2)c1. The van der Waals surface area contributed by atoms with Gasteiger partial charge in [-0.25, -0.2) is 4.98 Å². The highest BCUT2D eigenvalue weighted by molar-refractivity contribution is 7.15. The maximum Gasteiger partial charge on any atom is 0.293 e. The molecule has 1 amide bonds. The quantitative estimate of drug-likeness (QED) is 0.771. The summed E-state index contributed by atoms with van der Waals surface area (Å²) in [7, 11) is 1.65. The van der Waals surface area contributed by atoms with Gasteiger partial charge in [-0.2, -0.15) is 0 Å². The van der Waals surface area contributed by atoms with Crippen LogP contribution in [0.5, 0.6) is 5.75 Å². The third kappa shape index (κ3) is 3.60. The molecule has 6 heteroatoms. The molecule has 1 aromatic carbocycles. The molecule has 2 aromatic heterocycles. The van der Waals surface area contributed by atoms with E-state index in [1.54, 1.807) is 19.4 Å². The van der Waals surface area contributed by atoms with Crippen molar-refractivity contribution in [1.29, 1.82) is 0 Å². The molecule has 0 unspecified atom stereocenters. The lowest BCUT2D eigenvalue weighted by Crippen LogP contribution is -2.11. The van der Waals surface area contributed by atoms with Crippen molar-refractivity contribution in [2.24, 2.45) is 0 Å². The minimum absolute atomic E-state index is 0.283. The molecule has 1 N–H and O–H groups in total. The summed E-state index contributed by atoms with van der Waals surface area (Å²) < 4.78 is 10.4. The molecule has 0 spiro atoms. The van der Waals surface area contributed by atoms with Crippen molar-refractivity contribution in [2.75, 3.05) is 12.4 Å². The smallest absolute Gasteiger partial charge is 0.293 e. The highest BCUT2D eigenvalue weighted by Gasteiger charge is 2.14. The lowest BCUT2D eigenvalue weighted by atomic mass is 10.1. The highest BCUT2D eigenvalue weighted by atomic mass is 32.1. The third-order valence-corrected chi connectivity index (χ3v) is 4.27. The molecule has 0 aliphatic carbocycles. The van der Waals surface area contributed by atoms with E-state index in [2.05, 4.69) is 10.3 Å². The molecule has 0 saturated heterocycles. The van der Waals surface area contributed by atoms with Gasteiger partial charge in [0.15, 0.2) is 10.9 Å². The van der Waals surface area contributed by atoms with E-state index in [4.69, 9.17) is 9.15 Å². The predicted molar refractivity (Wildman–Crippen MR) is 89.3 cm³/mol. The number of aryl methyl sites for hydroxylation is 1. The molecule has 0 aliphatic rings. The molecule has 23 heavy (non-hydrogen) atoms. The van der Waals surface area contributed by atoms with Crippen LogP contribution in [0.3, 0.4) is 0 Å². The van der Waals surface area contributed by atoms with Crippen molar-refractivity contribution in [2.45, 2.75) is 13.3 Å². The second-order valence-electron chi connectivity index (χ2n) is 5.05. The number of carbonyl (C=O) groups excluding carboxylic acids is 1. The number of hydrogen-bond acceptors (Lipinski definition) is 5. The van der Waals surface area contributed by atoms with Crippen LogP contribution in [0.25, 0.3) is 0 Å². The van der Waals surface area contributed by atoms with E-state index in [9.17, 15) is 4.79 Å². The summed E-state index contributed by atoms with van der Waals surface area (Å²) in [5.41, 5.74) is 1.93. The Hall–Kier alpha value is -2.60. The Morgan fingerprint density at radius 1 is 1.39 bits per heavy atom. The van der Waals surface area contributed by atoms with Gasteiger partial charge in [-0.05, 0) is 30.7 Å². The number of benzene rings is 1. The Bertz CT molecular complexity index is 823. The number of rotatable bonds is 5. The molecule has 0 saturated carbocycles. The van der Waals surface area contributed by atoms with Crippen molar-refractivity contribution < 1.29 is 13.9 Å². The van der Waals surface area contributed by atoms with E-state index in [0.717, 1.165) is 28.2 Å². The van der Waals surface area contributed by atoms with Gasteiger partial charge < -0.3 is 9.15 Å². The summed E-state index contributed by atoms with van der Waals surface area (Å²) in [6.45, 7) is 1.83. The molecule has 0 aliphatic heterocycles. The largest absolute Gasteiger partial charge is 0.497 e. The van der Waals surface area contributed by atoms with Crippen LogP contribution in [-0.2, 0) is 6.42 Å². The van der Waals surface area contributed by atoms with Gasteiger partial charge >= 0.3 is 0 Å². The Kier molecular flexibility index (Phi) is 4.43. The zero-order valence-electron chi connectivity index (χ0n) is 12.8. The number of ether oxygens (including phenoxy) is 1. The molecular weight excluding hydrogens is 312 g/mol. The minimum Gasteiger partial charge on any atom is -0.497 e. The maximum absolute atomic E-state index is 12.1. The zero-order chi connectivity index (χ0) is 16.2. The van der Waals surface area contributed by atoms with Gasteiger partial charge in [0.25, 0.3) is 5.91 Å². The fourth-order valence-electron chi connectivity index (χ4n) is 2.19. The normalized spacial score (nSPS) is 10.5. The molecule has 5 nitrogen and oxygen atoms in total. The minimum atomic E-state index is -0.283. The predicted octanol–water partition coefficient (Wildman–Crippen LogP) is 3.90. The van der Waals surface area contributed by atoms with Crippen LogP contribution in [0.1, 0.15) is 26.6 Å². The van der Waals surface area contributed by atoms with Crippen molar-refractivity contribution in [3.8, 4) is 5.75 Å². The van der Waals surface area contributed by atoms with Crippen LogP contribution in [0, 0.1) is 6.92 Å². The monoisotopic (exact) mass is 328 g/mol. The lowest BCUT2D eigenvalue weighted by Gasteiger charge is -2.02. The molecule has 118 valence electrons. The molecule has 0 bridgehead atoms. The summed E-state index contributed by atoms with van der Waals surface area (Å²) >= 11 is 1.45. The molecule has 0 atom stereocenters. The average molecular weight is 328 g/mol. The van der Waals surface area contributed by atoms with Crippen LogP contribution in [0.15, 0.2) is 47.2 Å². The van der Waals surface area contributed by atoms with Crippen LogP contribution in [0.4, 0.5) is 5.13 Å². The van der Waals surface area contributed by atoms with Gasteiger partial charge in [0.1, 0.15) is 5.75 Å². The van der Waals surface area contributed by atoms with E-state index in [1.165, 1.54) is 17.6 Å². The van der Waals surface area contributed by atoms with Crippen LogP contribution < -0.4 is 10.1 Å². The first-order chi connectivity index (χ1) is 11.2. The van der Waals surface area contributed by atoms with E-state index in [0.29, 0.717) is 10.9 Å². The standard InChI is InChI=1S/C17H16N2O3S/c1-11-6-7-22-15(11)16(20)19-17-18-10-14(23-17)9-12-4-3-5-13(8-12)21-2/h3-8,10H,9H2,1-2H3,(H,18,19,20). The van der Waals surface area contributed by atoms with Crippen LogP contribution in [-0.4, -0.2) is 18.0 Å². The Labute approximate surface area is 137 Å². The first-order valence-corrected chi connectivity index (χ1v) is 7.90. The van der Waals surface area contributed by atoms with E-state index in [-0.39, 0.29) is 5.91 Å². The van der Waals surface area contributed by atoms with Crippen molar-refractivity contribution in [3.05, 3.63) is 64.6 Å². The second kappa shape index (κ2) is 6.66. The van der Waals surface area contributed by atoms with Gasteiger partial charge in [0, 0.05) is 23.1 Å². The van der Waals surface area contributed by atoms with E-state index < -0.39 is 0 Å². The number of aromatic nitrogens is 1. The lowest BCUT2D eigenvalue weighted by molar-refractivity contribution is 0.0996. The highest BCUT2D eigenvalue weighted by Crippen LogP contribution is 2.23. The average Bonchev–Trinajstić information content (AvgIpc) is 3.16. The third-order valence-electron chi connectivity index (χ3n) is 3.35. The van der Waals surface area contributed by atoms with Gasteiger partial charge in [0.05, 0.1) is 13.4 Å². The fourth-order valence-corrected chi connectivity index (χ4v) is 3.03. The molecule has 2 heterocycles. The Morgan fingerprint density at radius 2 is 2.26 bits per heavy atom. The van der Waals surface area contributed by atoms with Crippen LogP contribution >= 0.6 is 11.3 Å².